The van der Waals surface area contributed by atoms with Gasteiger partial charge in [0.15, 0.2) is 5.65 Å². The van der Waals surface area contributed by atoms with Crippen LogP contribution < -0.4 is 4.74 Å². The highest BCUT2D eigenvalue weighted by Gasteiger charge is 2.08. The fourth-order valence-electron chi connectivity index (χ4n) is 2.15. The minimum atomic E-state index is 0.424. The van der Waals surface area contributed by atoms with Crippen molar-refractivity contribution < 1.29 is 4.74 Å². The van der Waals surface area contributed by atoms with E-state index in [1.807, 2.05) is 30.3 Å². The molecule has 3 rings (SSSR count). The minimum absolute atomic E-state index is 0.424. The van der Waals surface area contributed by atoms with Crippen LogP contribution in [0.4, 0.5) is 0 Å². The summed E-state index contributed by atoms with van der Waals surface area (Å²) >= 11 is 0. The maximum atomic E-state index is 5.88. The molecule has 0 aliphatic rings. The molecule has 0 saturated heterocycles. The highest BCUT2D eigenvalue weighted by Crippen LogP contribution is 2.17. The summed E-state index contributed by atoms with van der Waals surface area (Å²) in [6, 6.07) is 9.65. The zero-order chi connectivity index (χ0) is 14.5. The summed E-state index contributed by atoms with van der Waals surface area (Å²) in [5.74, 6) is 0.710. The van der Waals surface area contributed by atoms with Crippen LogP contribution in [0.15, 0.2) is 42.7 Å². The van der Waals surface area contributed by atoms with Crippen molar-refractivity contribution in [1.82, 2.24) is 19.6 Å². The molecule has 5 nitrogen and oxygen atoms in total. The van der Waals surface area contributed by atoms with Crippen LogP contribution in [0, 0.1) is 0 Å². The average molecular weight is 282 g/mol. The van der Waals surface area contributed by atoms with Crippen LogP contribution in [0.5, 0.6) is 5.88 Å². The number of aryl methyl sites for hydroxylation is 1. The van der Waals surface area contributed by atoms with Crippen LogP contribution in [0.1, 0.15) is 31.2 Å². The Balaban J connectivity index is 1.83. The second-order valence-corrected chi connectivity index (χ2v) is 4.90. The molecule has 0 bridgehead atoms. The summed E-state index contributed by atoms with van der Waals surface area (Å²) in [5.41, 5.74) is 2.75. The van der Waals surface area contributed by atoms with Gasteiger partial charge in [-0.15, -0.1) is 0 Å². The third kappa shape index (κ3) is 3.18. The van der Waals surface area contributed by atoms with Gasteiger partial charge in [0.25, 0.3) is 0 Å². The van der Waals surface area contributed by atoms with Gasteiger partial charge in [-0.25, -0.2) is 4.98 Å². The fourth-order valence-corrected chi connectivity index (χ4v) is 2.15. The molecule has 21 heavy (non-hydrogen) atoms. The highest BCUT2D eigenvalue weighted by atomic mass is 16.5. The maximum absolute atomic E-state index is 5.88. The number of pyridine rings is 1. The van der Waals surface area contributed by atoms with E-state index in [1.54, 1.807) is 16.9 Å². The van der Waals surface area contributed by atoms with Crippen LogP contribution in [0.3, 0.4) is 0 Å². The number of rotatable bonds is 6. The van der Waals surface area contributed by atoms with E-state index in [-0.39, 0.29) is 0 Å². The van der Waals surface area contributed by atoms with E-state index in [2.05, 4.69) is 22.0 Å². The smallest absolute Gasteiger partial charge is 0.218 e. The molecule has 0 atom stereocenters. The lowest BCUT2D eigenvalue weighted by Crippen LogP contribution is -2.05. The summed E-state index contributed by atoms with van der Waals surface area (Å²) in [5, 5.41) is 4.26. The third-order valence-corrected chi connectivity index (χ3v) is 3.26. The van der Waals surface area contributed by atoms with Crippen LogP contribution in [0.25, 0.3) is 5.65 Å². The predicted octanol–water partition coefficient (Wildman–Crippen LogP) is 3.05. The van der Waals surface area contributed by atoms with E-state index in [0.29, 0.717) is 12.5 Å². The average Bonchev–Trinajstić information content (AvgIpc) is 3.00. The number of nitrogens with zero attached hydrogens (tertiary/aromatic N) is 4. The van der Waals surface area contributed by atoms with E-state index < -0.39 is 0 Å². The molecule has 0 amide bonds. The van der Waals surface area contributed by atoms with Crippen molar-refractivity contribution in [3.63, 3.8) is 0 Å². The zero-order valence-electron chi connectivity index (χ0n) is 12.1. The van der Waals surface area contributed by atoms with E-state index in [9.17, 15) is 0 Å². The Morgan fingerprint density at radius 1 is 1.14 bits per heavy atom. The van der Waals surface area contributed by atoms with E-state index >= 15 is 0 Å². The molecule has 0 aliphatic heterocycles. The van der Waals surface area contributed by atoms with Crippen molar-refractivity contribution in [3.05, 3.63) is 54.1 Å². The molecule has 0 fully saturated rings. The van der Waals surface area contributed by atoms with Gasteiger partial charge in [-0.05, 0) is 25.0 Å². The molecule has 3 aromatic heterocycles. The molecular weight excluding hydrogens is 264 g/mol. The van der Waals surface area contributed by atoms with Crippen LogP contribution >= 0.6 is 0 Å². The van der Waals surface area contributed by atoms with Gasteiger partial charge in [-0.2, -0.15) is 9.61 Å². The first-order valence-electron chi connectivity index (χ1n) is 7.23. The van der Waals surface area contributed by atoms with Crippen molar-refractivity contribution in [2.45, 2.75) is 32.8 Å². The topological polar surface area (TPSA) is 52.3 Å². The normalized spacial score (nSPS) is 10.9. The first-order valence-corrected chi connectivity index (χ1v) is 7.23. The van der Waals surface area contributed by atoms with Gasteiger partial charge < -0.3 is 4.74 Å². The number of aromatic nitrogens is 4. The van der Waals surface area contributed by atoms with E-state index in [4.69, 9.17) is 4.74 Å². The van der Waals surface area contributed by atoms with Crippen LogP contribution in [-0.2, 0) is 13.0 Å². The summed E-state index contributed by atoms with van der Waals surface area (Å²) in [6.07, 6.45) is 6.73. The molecule has 0 saturated carbocycles. The zero-order valence-corrected chi connectivity index (χ0v) is 12.1. The summed E-state index contributed by atoms with van der Waals surface area (Å²) in [7, 11) is 0. The summed E-state index contributed by atoms with van der Waals surface area (Å²) in [6.45, 7) is 2.60. The van der Waals surface area contributed by atoms with Crippen LogP contribution in [0.2, 0.25) is 0 Å². The Morgan fingerprint density at radius 2 is 2.10 bits per heavy atom. The van der Waals surface area contributed by atoms with Gasteiger partial charge in [0.05, 0.1) is 11.9 Å². The summed E-state index contributed by atoms with van der Waals surface area (Å²) < 4.78 is 7.60. The van der Waals surface area contributed by atoms with Gasteiger partial charge in [0.1, 0.15) is 6.61 Å². The number of hydrogen-bond donors (Lipinski definition) is 0. The standard InChI is InChI=1S/C16H18N4O/c1-2-3-6-13-11-16(20-15(19-13)8-10-18-20)21-12-14-7-4-5-9-17-14/h4-5,7-11H,2-3,6,12H2,1H3. The van der Waals surface area contributed by atoms with Crippen molar-refractivity contribution in [2.75, 3.05) is 0 Å². The second-order valence-electron chi connectivity index (χ2n) is 4.90. The van der Waals surface area contributed by atoms with Gasteiger partial charge in [0, 0.05) is 24.0 Å². The minimum Gasteiger partial charge on any atom is -0.471 e. The number of unbranched alkanes of at least 4 members (excludes halogenated alkanes) is 1. The van der Waals surface area contributed by atoms with Crippen molar-refractivity contribution in [2.24, 2.45) is 0 Å². The Bertz CT molecular complexity index is 709. The number of ether oxygens (including phenoxy) is 1. The maximum Gasteiger partial charge on any atom is 0.218 e. The lowest BCUT2D eigenvalue weighted by atomic mass is 10.2. The molecule has 0 unspecified atom stereocenters. The van der Waals surface area contributed by atoms with Crippen molar-refractivity contribution in [1.29, 1.82) is 0 Å². The Kier molecular flexibility index (Phi) is 4.09. The molecular formula is C16H18N4O. The van der Waals surface area contributed by atoms with Crippen LogP contribution in [-0.4, -0.2) is 19.6 Å². The molecule has 0 N–H and O–H groups in total. The fraction of sp³-hybridized carbons (Fsp3) is 0.312. The Labute approximate surface area is 123 Å². The number of hydrogen-bond acceptors (Lipinski definition) is 4. The predicted molar refractivity (Wildman–Crippen MR) is 80.2 cm³/mol. The lowest BCUT2D eigenvalue weighted by molar-refractivity contribution is 0.280. The van der Waals surface area contributed by atoms with E-state index in [1.165, 1.54) is 0 Å². The highest BCUT2D eigenvalue weighted by molar-refractivity contribution is 5.41. The molecule has 108 valence electrons. The largest absolute Gasteiger partial charge is 0.471 e. The molecule has 0 spiro atoms. The first-order chi connectivity index (χ1) is 10.4. The van der Waals surface area contributed by atoms with Crippen molar-refractivity contribution >= 4 is 5.65 Å². The molecule has 5 heteroatoms. The van der Waals surface area contributed by atoms with Gasteiger partial charge in [0.2, 0.25) is 5.88 Å². The van der Waals surface area contributed by atoms with Crippen molar-refractivity contribution in [3.8, 4) is 5.88 Å². The monoisotopic (exact) mass is 282 g/mol. The Morgan fingerprint density at radius 3 is 2.90 bits per heavy atom. The third-order valence-electron chi connectivity index (χ3n) is 3.26. The molecule has 3 aromatic rings. The Hall–Kier alpha value is -2.43. The molecule has 0 aromatic carbocycles. The quantitative estimate of drug-likeness (QED) is 0.697. The van der Waals surface area contributed by atoms with Gasteiger partial charge in [-0.3, -0.25) is 4.98 Å². The molecule has 3 heterocycles. The molecule has 0 radical (unpaired) electrons. The first kappa shape index (κ1) is 13.5. The second kappa shape index (κ2) is 6.35. The molecule has 0 aliphatic carbocycles. The SMILES string of the molecule is CCCCc1cc(OCc2ccccn2)n2nccc2n1. The van der Waals surface area contributed by atoms with Gasteiger partial charge in [-0.1, -0.05) is 19.4 Å². The lowest BCUT2D eigenvalue weighted by Gasteiger charge is -2.09. The van der Waals surface area contributed by atoms with Gasteiger partial charge >= 0.3 is 0 Å². The van der Waals surface area contributed by atoms with E-state index in [0.717, 1.165) is 36.3 Å². The summed E-state index contributed by atoms with van der Waals surface area (Å²) in [4.78, 5) is 8.86. The number of fused-ring (bicyclic) bond motifs is 1.